The Kier molecular flexibility index (Phi) is 1.27. The lowest BCUT2D eigenvalue weighted by Gasteiger charge is -2.26. The molecule has 11 heavy (non-hydrogen) atoms. The number of aliphatic hydroxyl groups excluding tert-OH is 1. The molecule has 2 aliphatic rings. The fourth-order valence-corrected chi connectivity index (χ4v) is 2.56. The van der Waals surface area contributed by atoms with E-state index in [1.165, 1.54) is 0 Å². The third-order valence-electron chi connectivity index (χ3n) is 3.27. The van der Waals surface area contributed by atoms with Crippen molar-refractivity contribution >= 4 is 5.97 Å². The second kappa shape index (κ2) is 1.97. The van der Waals surface area contributed by atoms with Crippen molar-refractivity contribution in [1.82, 2.24) is 0 Å². The van der Waals surface area contributed by atoms with Gasteiger partial charge in [0.25, 0.3) is 0 Å². The van der Waals surface area contributed by atoms with Gasteiger partial charge in [0, 0.05) is 0 Å². The lowest BCUT2D eigenvalue weighted by atomic mass is 9.82. The van der Waals surface area contributed by atoms with Crippen LogP contribution in [0, 0.1) is 11.3 Å². The zero-order chi connectivity index (χ0) is 8.06. The zero-order valence-electron chi connectivity index (χ0n) is 6.29. The maximum absolute atomic E-state index is 10.8. The van der Waals surface area contributed by atoms with E-state index in [0.29, 0.717) is 25.2 Å². The fraction of sp³-hybridized carbons (Fsp3) is 0.875. The second-order valence-electron chi connectivity index (χ2n) is 3.82. The molecule has 0 spiro atoms. The maximum atomic E-state index is 10.8. The Morgan fingerprint density at radius 2 is 2.27 bits per heavy atom. The number of fused-ring (bicyclic) bond motifs is 2. The van der Waals surface area contributed by atoms with E-state index in [-0.39, 0.29) is 0 Å². The number of hydrogen-bond acceptors (Lipinski definition) is 2. The van der Waals surface area contributed by atoms with Gasteiger partial charge in [0.05, 0.1) is 11.5 Å². The molecule has 0 aromatic heterocycles. The first kappa shape index (κ1) is 7.10. The molecule has 3 heteroatoms. The molecule has 2 aliphatic carbocycles. The number of carboxylic acids is 1. The molecule has 2 bridgehead atoms. The number of hydrogen-bond donors (Lipinski definition) is 2. The van der Waals surface area contributed by atoms with E-state index < -0.39 is 17.5 Å². The van der Waals surface area contributed by atoms with Crippen LogP contribution in [0.2, 0.25) is 0 Å². The van der Waals surface area contributed by atoms with Gasteiger partial charge in [-0.15, -0.1) is 0 Å². The average Bonchev–Trinajstić information content (AvgIpc) is 2.43. The second-order valence-corrected chi connectivity index (χ2v) is 3.82. The smallest absolute Gasteiger partial charge is 0.312 e. The van der Waals surface area contributed by atoms with Crippen molar-refractivity contribution in [2.75, 3.05) is 0 Å². The minimum Gasteiger partial charge on any atom is -0.481 e. The van der Waals surface area contributed by atoms with Gasteiger partial charge >= 0.3 is 5.97 Å². The molecule has 0 aromatic rings. The summed E-state index contributed by atoms with van der Waals surface area (Å²) in [5.74, 6) is -0.328. The predicted molar refractivity (Wildman–Crippen MR) is 38.0 cm³/mol. The molecule has 3 atom stereocenters. The quantitative estimate of drug-likeness (QED) is 0.585. The van der Waals surface area contributed by atoms with Gasteiger partial charge in [-0.1, -0.05) is 0 Å². The van der Waals surface area contributed by atoms with Gasteiger partial charge in [-0.3, -0.25) is 4.79 Å². The molecule has 2 saturated carbocycles. The standard InChI is InChI=1S/C8H12O3/c9-6-3-5-1-2-8(6,4-5)7(10)11/h5-6,9H,1-4H2,(H,10,11). The van der Waals surface area contributed by atoms with Gasteiger partial charge in [0.2, 0.25) is 0 Å². The van der Waals surface area contributed by atoms with Crippen LogP contribution < -0.4 is 0 Å². The summed E-state index contributed by atoms with van der Waals surface area (Å²) < 4.78 is 0. The molecule has 62 valence electrons. The van der Waals surface area contributed by atoms with Crippen molar-refractivity contribution < 1.29 is 15.0 Å². The van der Waals surface area contributed by atoms with Crippen LogP contribution >= 0.6 is 0 Å². The largest absolute Gasteiger partial charge is 0.481 e. The Bertz CT molecular complexity index is 202. The SMILES string of the molecule is O=C(O)C12CCC(CC1O)C2. The Morgan fingerprint density at radius 1 is 1.55 bits per heavy atom. The summed E-state index contributed by atoms with van der Waals surface area (Å²) in [4.78, 5) is 10.8. The number of aliphatic hydroxyl groups is 1. The van der Waals surface area contributed by atoms with Crippen molar-refractivity contribution in [2.45, 2.75) is 31.8 Å². The summed E-state index contributed by atoms with van der Waals surface area (Å²) in [6.45, 7) is 0. The lowest BCUT2D eigenvalue weighted by molar-refractivity contribution is -0.154. The number of aliphatic carboxylic acids is 1. The predicted octanol–water partition coefficient (Wildman–Crippen LogP) is 0.622. The molecular formula is C8H12O3. The van der Waals surface area contributed by atoms with Crippen LogP contribution in [-0.4, -0.2) is 22.3 Å². The van der Waals surface area contributed by atoms with Crippen LogP contribution in [-0.2, 0) is 4.79 Å². The molecule has 0 heterocycles. The van der Waals surface area contributed by atoms with Gasteiger partial charge in [0.1, 0.15) is 0 Å². The monoisotopic (exact) mass is 156 g/mol. The normalized spacial score (nSPS) is 48.1. The molecule has 0 amide bonds. The van der Waals surface area contributed by atoms with Crippen LogP contribution in [0.4, 0.5) is 0 Å². The van der Waals surface area contributed by atoms with E-state index in [2.05, 4.69) is 0 Å². The Labute approximate surface area is 65.0 Å². The van der Waals surface area contributed by atoms with Crippen molar-refractivity contribution in [3.05, 3.63) is 0 Å². The van der Waals surface area contributed by atoms with E-state index >= 15 is 0 Å². The van der Waals surface area contributed by atoms with Crippen molar-refractivity contribution in [2.24, 2.45) is 11.3 Å². The summed E-state index contributed by atoms with van der Waals surface area (Å²) in [7, 11) is 0. The Hall–Kier alpha value is -0.570. The van der Waals surface area contributed by atoms with Crippen LogP contribution in [0.1, 0.15) is 25.7 Å². The van der Waals surface area contributed by atoms with Gasteiger partial charge < -0.3 is 10.2 Å². The molecule has 0 saturated heterocycles. The molecule has 2 N–H and O–H groups in total. The number of rotatable bonds is 1. The van der Waals surface area contributed by atoms with Crippen LogP contribution in [0.25, 0.3) is 0 Å². The minimum absolute atomic E-state index is 0.473. The molecular weight excluding hydrogens is 144 g/mol. The van der Waals surface area contributed by atoms with Gasteiger partial charge in [-0.2, -0.15) is 0 Å². The average molecular weight is 156 g/mol. The number of carboxylic acid groups (broad SMARTS) is 1. The third-order valence-corrected chi connectivity index (χ3v) is 3.27. The summed E-state index contributed by atoms with van der Waals surface area (Å²) in [6, 6.07) is 0. The first-order valence-corrected chi connectivity index (χ1v) is 4.06. The van der Waals surface area contributed by atoms with Gasteiger partial charge in [-0.05, 0) is 31.6 Å². The molecule has 3 nitrogen and oxygen atoms in total. The number of carbonyl (C=O) groups is 1. The highest BCUT2D eigenvalue weighted by Crippen LogP contribution is 2.54. The van der Waals surface area contributed by atoms with Crippen LogP contribution in [0.5, 0.6) is 0 Å². The Balaban J connectivity index is 2.29. The van der Waals surface area contributed by atoms with E-state index in [4.69, 9.17) is 5.11 Å². The summed E-state index contributed by atoms with van der Waals surface area (Å²) >= 11 is 0. The fourth-order valence-electron chi connectivity index (χ4n) is 2.56. The lowest BCUT2D eigenvalue weighted by Crippen LogP contribution is -2.37. The van der Waals surface area contributed by atoms with E-state index in [1.54, 1.807) is 0 Å². The first-order chi connectivity index (χ1) is 5.15. The van der Waals surface area contributed by atoms with Crippen molar-refractivity contribution in [3.63, 3.8) is 0 Å². The van der Waals surface area contributed by atoms with E-state index in [9.17, 15) is 9.90 Å². The van der Waals surface area contributed by atoms with Gasteiger partial charge in [-0.25, -0.2) is 0 Å². The molecule has 0 aromatic carbocycles. The summed E-state index contributed by atoms with van der Waals surface area (Å²) in [5.41, 5.74) is -0.759. The molecule has 2 fully saturated rings. The zero-order valence-corrected chi connectivity index (χ0v) is 6.29. The maximum Gasteiger partial charge on any atom is 0.312 e. The highest BCUT2D eigenvalue weighted by molar-refractivity contribution is 5.76. The minimum atomic E-state index is -0.801. The van der Waals surface area contributed by atoms with E-state index in [0.717, 1.165) is 6.42 Å². The highest BCUT2D eigenvalue weighted by atomic mass is 16.4. The Morgan fingerprint density at radius 3 is 2.55 bits per heavy atom. The van der Waals surface area contributed by atoms with E-state index in [1.807, 2.05) is 0 Å². The third kappa shape index (κ3) is 0.745. The van der Waals surface area contributed by atoms with Crippen molar-refractivity contribution in [3.8, 4) is 0 Å². The van der Waals surface area contributed by atoms with Crippen LogP contribution in [0.3, 0.4) is 0 Å². The van der Waals surface area contributed by atoms with Crippen LogP contribution in [0.15, 0.2) is 0 Å². The summed E-state index contributed by atoms with van der Waals surface area (Å²) in [5, 5.41) is 18.4. The molecule has 2 rings (SSSR count). The molecule has 0 radical (unpaired) electrons. The molecule has 0 aliphatic heterocycles. The first-order valence-electron chi connectivity index (χ1n) is 4.06. The topological polar surface area (TPSA) is 57.5 Å². The van der Waals surface area contributed by atoms with Gasteiger partial charge in [0.15, 0.2) is 0 Å². The highest BCUT2D eigenvalue weighted by Gasteiger charge is 2.56. The van der Waals surface area contributed by atoms with Crippen molar-refractivity contribution in [1.29, 1.82) is 0 Å². The molecule has 3 unspecified atom stereocenters. The summed E-state index contributed by atoms with van der Waals surface area (Å²) in [6.07, 6.45) is 2.48.